The van der Waals surface area contributed by atoms with Gasteiger partial charge in [-0.15, -0.1) is 0 Å². The summed E-state index contributed by atoms with van der Waals surface area (Å²) in [6.45, 7) is 6.64. The highest BCUT2D eigenvalue weighted by atomic mass is 15.0. The van der Waals surface area contributed by atoms with Crippen LogP contribution < -0.4 is 11.1 Å². The third kappa shape index (κ3) is 2.55. The Morgan fingerprint density at radius 2 is 2.06 bits per heavy atom. The first kappa shape index (κ1) is 12.7. The van der Waals surface area contributed by atoms with Crippen LogP contribution in [0.25, 0.3) is 10.9 Å². The van der Waals surface area contributed by atoms with Crippen molar-refractivity contribution >= 4 is 22.3 Å². The number of para-hydroxylation sites is 1. The van der Waals surface area contributed by atoms with Crippen molar-refractivity contribution < 1.29 is 0 Å². The Kier molecular flexibility index (Phi) is 3.41. The molecule has 0 fully saturated rings. The fourth-order valence-electron chi connectivity index (χ4n) is 2.36. The Morgan fingerprint density at radius 1 is 1.28 bits per heavy atom. The van der Waals surface area contributed by atoms with Crippen LogP contribution in [0, 0.1) is 0 Å². The molecule has 2 rings (SSSR count). The summed E-state index contributed by atoms with van der Waals surface area (Å²) in [4.78, 5) is 4.35. The molecule has 0 bridgehead atoms. The average Bonchev–Trinajstić information content (AvgIpc) is 2.30. The van der Waals surface area contributed by atoms with E-state index in [0.29, 0.717) is 0 Å². The summed E-state index contributed by atoms with van der Waals surface area (Å²) in [5.74, 6) is 0. The molecular weight excluding hydrogens is 222 g/mol. The van der Waals surface area contributed by atoms with Gasteiger partial charge < -0.3 is 11.1 Å². The normalized spacial score (nSPS) is 11.7. The van der Waals surface area contributed by atoms with Crippen molar-refractivity contribution in [1.29, 1.82) is 0 Å². The number of nitrogen functional groups attached to an aromatic ring is 1. The molecule has 1 heterocycles. The van der Waals surface area contributed by atoms with Crippen LogP contribution in [-0.4, -0.2) is 10.5 Å². The zero-order chi connectivity index (χ0) is 13.2. The third-order valence-corrected chi connectivity index (χ3v) is 3.15. The molecule has 0 amide bonds. The van der Waals surface area contributed by atoms with Crippen LogP contribution in [-0.2, 0) is 0 Å². The van der Waals surface area contributed by atoms with E-state index in [1.54, 1.807) is 0 Å². The molecule has 0 saturated heterocycles. The van der Waals surface area contributed by atoms with Crippen LogP contribution in [0.15, 0.2) is 30.5 Å². The van der Waals surface area contributed by atoms with E-state index in [2.05, 4.69) is 37.1 Å². The van der Waals surface area contributed by atoms with Gasteiger partial charge in [0.05, 0.1) is 11.2 Å². The third-order valence-electron chi connectivity index (χ3n) is 3.15. The predicted molar refractivity (Wildman–Crippen MR) is 78.8 cm³/mol. The van der Waals surface area contributed by atoms with Crippen molar-refractivity contribution in [3.05, 3.63) is 30.5 Å². The van der Waals surface area contributed by atoms with Gasteiger partial charge in [-0.05, 0) is 32.4 Å². The number of hydrogen-bond acceptors (Lipinski definition) is 3. The lowest BCUT2D eigenvalue weighted by atomic mass is 9.98. The number of fused-ring (bicyclic) bond motifs is 1. The maximum absolute atomic E-state index is 5.96. The van der Waals surface area contributed by atoms with Gasteiger partial charge in [0, 0.05) is 22.8 Å². The number of benzene rings is 1. The summed E-state index contributed by atoms with van der Waals surface area (Å²) in [7, 11) is 0. The van der Waals surface area contributed by atoms with Gasteiger partial charge in [0.1, 0.15) is 0 Å². The van der Waals surface area contributed by atoms with E-state index in [-0.39, 0.29) is 5.54 Å². The van der Waals surface area contributed by atoms with Gasteiger partial charge in [-0.25, -0.2) is 0 Å². The zero-order valence-corrected chi connectivity index (χ0v) is 11.3. The molecule has 0 spiro atoms. The summed E-state index contributed by atoms with van der Waals surface area (Å²) in [5.41, 5.74) is 8.73. The quantitative estimate of drug-likeness (QED) is 0.803. The Labute approximate surface area is 108 Å². The van der Waals surface area contributed by atoms with Crippen molar-refractivity contribution in [1.82, 2.24) is 4.98 Å². The number of nitrogens with one attached hydrogen (secondary N) is 1. The second-order valence-corrected chi connectivity index (χ2v) is 5.36. The lowest BCUT2D eigenvalue weighted by Gasteiger charge is -2.27. The van der Waals surface area contributed by atoms with Crippen LogP contribution in [0.5, 0.6) is 0 Å². The molecule has 3 nitrogen and oxygen atoms in total. The van der Waals surface area contributed by atoms with E-state index >= 15 is 0 Å². The molecule has 2 aromatic rings. The Balaban J connectivity index is 2.43. The zero-order valence-electron chi connectivity index (χ0n) is 11.3. The van der Waals surface area contributed by atoms with Crippen molar-refractivity contribution in [2.45, 2.75) is 39.2 Å². The number of pyridine rings is 1. The Bertz CT molecular complexity index is 546. The molecule has 96 valence electrons. The molecular formula is C15H21N3. The maximum Gasteiger partial charge on any atom is 0.0951 e. The monoisotopic (exact) mass is 243 g/mol. The van der Waals surface area contributed by atoms with Crippen molar-refractivity contribution in [2.75, 3.05) is 11.1 Å². The van der Waals surface area contributed by atoms with Crippen LogP contribution >= 0.6 is 0 Å². The Morgan fingerprint density at radius 3 is 2.78 bits per heavy atom. The smallest absolute Gasteiger partial charge is 0.0951 e. The molecule has 0 unspecified atom stereocenters. The number of nitrogens with zero attached hydrogens (tertiary/aromatic N) is 1. The number of aromatic nitrogens is 1. The summed E-state index contributed by atoms with van der Waals surface area (Å²) in [6.07, 6.45) is 4.09. The minimum atomic E-state index is 0.0770. The minimum absolute atomic E-state index is 0.0770. The van der Waals surface area contributed by atoms with Crippen molar-refractivity contribution in [2.24, 2.45) is 0 Å². The lowest BCUT2D eigenvalue weighted by molar-refractivity contribution is 0.511. The summed E-state index contributed by atoms with van der Waals surface area (Å²) in [6, 6.07) is 7.93. The van der Waals surface area contributed by atoms with Crippen molar-refractivity contribution in [3.8, 4) is 0 Å². The van der Waals surface area contributed by atoms with Crippen LogP contribution in [0.2, 0.25) is 0 Å². The highest BCUT2D eigenvalue weighted by Gasteiger charge is 2.17. The molecule has 0 atom stereocenters. The van der Waals surface area contributed by atoms with Gasteiger partial charge in [0.15, 0.2) is 0 Å². The SMILES string of the molecule is CCCC(C)(C)Nc1ccnc2c(N)cccc12. The number of anilines is 2. The summed E-state index contributed by atoms with van der Waals surface area (Å²) >= 11 is 0. The molecule has 0 saturated carbocycles. The van der Waals surface area contributed by atoms with Crippen LogP contribution in [0.4, 0.5) is 11.4 Å². The number of hydrogen-bond donors (Lipinski definition) is 2. The van der Waals surface area contributed by atoms with Crippen molar-refractivity contribution in [3.63, 3.8) is 0 Å². The molecule has 3 heteroatoms. The largest absolute Gasteiger partial charge is 0.397 e. The minimum Gasteiger partial charge on any atom is -0.397 e. The molecule has 1 aromatic heterocycles. The van der Waals surface area contributed by atoms with E-state index in [1.807, 2.05) is 24.4 Å². The van der Waals surface area contributed by atoms with Gasteiger partial charge in [-0.1, -0.05) is 25.5 Å². The van der Waals surface area contributed by atoms with Gasteiger partial charge in [-0.3, -0.25) is 4.98 Å². The van der Waals surface area contributed by atoms with Crippen LogP contribution in [0.3, 0.4) is 0 Å². The fourth-order valence-corrected chi connectivity index (χ4v) is 2.36. The average molecular weight is 243 g/mol. The summed E-state index contributed by atoms with van der Waals surface area (Å²) in [5, 5.41) is 4.68. The van der Waals surface area contributed by atoms with Gasteiger partial charge >= 0.3 is 0 Å². The molecule has 0 aliphatic rings. The highest BCUT2D eigenvalue weighted by Crippen LogP contribution is 2.28. The summed E-state index contributed by atoms with van der Waals surface area (Å²) < 4.78 is 0. The Hall–Kier alpha value is -1.77. The molecule has 0 radical (unpaired) electrons. The van der Waals surface area contributed by atoms with Gasteiger partial charge in [0.2, 0.25) is 0 Å². The maximum atomic E-state index is 5.96. The fraction of sp³-hybridized carbons (Fsp3) is 0.400. The van der Waals surface area contributed by atoms with Gasteiger partial charge in [0.25, 0.3) is 0 Å². The first-order valence-electron chi connectivity index (χ1n) is 6.45. The van der Waals surface area contributed by atoms with Gasteiger partial charge in [-0.2, -0.15) is 0 Å². The number of rotatable bonds is 4. The van der Waals surface area contributed by atoms with E-state index in [1.165, 1.54) is 0 Å². The second kappa shape index (κ2) is 4.84. The topological polar surface area (TPSA) is 50.9 Å². The highest BCUT2D eigenvalue weighted by molar-refractivity contribution is 5.97. The molecule has 18 heavy (non-hydrogen) atoms. The predicted octanol–water partition coefficient (Wildman–Crippen LogP) is 3.81. The molecule has 0 aliphatic carbocycles. The lowest BCUT2D eigenvalue weighted by Crippen LogP contribution is -2.30. The van der Waals surface area contributed by atoms with E-state index in [9.17, 15) is 0 Å². The molecule has 3 N–H and O–H groups in total. The van der Waals surface area contributed by atoms with E-state index in [0.717, 1.165) is 35.1 Å². The van der Waals surface area contributed by atoms with E-state index < -0.39 is 0 Å². The standard InChI is InChI=1S/C15H21N3/c1-4-9-15(2,3)18-13-8-10-17-14-11(13)6-5-7-12(14)16/h5-8,10H,4,9,16H2,1-3H3,(H,17,18). The van der Waals surface area contributed by atoms with Crippen LogP contribution in [0.1, 0.15) is 33.6 Å². The first-order chi connectivity index (χ1) is 8.53. The second-order valence-electron chi connectivity index (χ2n) is 5.36. The van der Waals surface area contributed by atoms with E-state index in [4.69, 9.17) is 5.73 Å². The number of nitrogens with two attached hydrogens (primary N) is 1. The molecule has 1 aromatic carbocycles. The molecule has 0 aliphatic heterocycles. The first-order valence-corrected chi connectivity index (χ1v) is 6.45.